The molecule has 0 saturated heterocycles. The monoisotopic (exact) mass is 412 g/mol. The van der Waals surface area contributed by atoms with Gasteiger partial charge in [-0.3, -0.25) is 0 Å². The van der Waals surface area contributed by atoms with E-state index in [9.17, 15) is 13.2 Å². The zero-order chi connectivity index (χ0) is 20.5. The van der Waals surface area contributed by atoms with Gasteiger partial charge in [-0.15, -0.1) is 0 Å². The van der Waals surface area contributed by atoms with Crippen molar-refractivity contribution in [3.8, 4) is 23.0 Å². The summed E-state index contributed by atoms with van der Waals surface area (Å²) in [5, 5.41) is 0.0219. The lowest BCUT2D eigenvalue weighted by atomic mass is 10.1. The van der Waals surface area contributed by atoms with Crippen molar-refractivity contribution < 1.29 is 22.6 Å². The van der Waals surface area contributed by atoms with Crippen LogP contribution in [0, 0.1) is 0 Å². The molecule has 2 aromatic heterocycles. The van der Waals surface area contributed by atoms with E-state index >= 15 is 0 Å². The standard InChI is InChI=1S/C18H16ClF3N4O2/c1-10(28-16-13(27-3)8-23-17(19)25-16)11-4-6-12(7-5-11)15-24-14(9-26(15)2)18(20,21)22/h4-10H,1-3H3. The molecule has 3 aromatic rings. The minimum absolute atomic E-state index is 0.0219. The molecule has 10 heteroatoms. The van der Waals surface area contributed by atoms with Crippen molar-refractivity contribution in [1.29, 1.82) is 0 Å². The molecule has 0 aliphatic carbocycles. The minimum atomic E-state index is -4.49. The summed E-state index contributed by atoms with van der Waals surface area (Å²) in [4.78, 5) is 11.5. The summed E-state index contributed by atoms with van der Waals surface area (Å²) >= 11 is 5.79. The van der Waals surface area contributed by atoms with Crippen LogP contribution in [0.3, 0.4) is 0 Å². The van der Waals surface area contributed by atoms with Crippen LogP contribution in [0.15, 0.2) is 36.7 Å². The first-order valence-electron chi connectivity index (χ1n) is 8.13. The molecule has 2 heterocycles. The molecule has 0 spiro atoms. The number of methoxy groups -OCH3 is 1. The average Bonchev–Trinajstić information content (AvgIpc) is 3.04. The third-order valence-corrected chi connectivity index (χ3v) is 4.19. The summed E-state index contributed by atoms with van der Waals surface area (Å²) in [5.74, 6) is 0.746. The van der Waals surface area contributed by atoms with E-state index < -0.39 is 18.0 Å². The van der Waals surface area contributed by atoms with Crippen LogP contribution < -0.4 is 9.47 Å². The van der Waals surface area contributed by atoms with Gasteiger partial charge in [0.25, 0.3) is 5.88 Å². The largest absolute Gasteiger partial charge is 0.490 e. The van der Waals surface area contributed by atoms with Gasteiger partial charge in [-0.2, -0.15) is 18.2 Å². The lowest BCUT2D eigenvalue weighted by Crippen LogP contribution is -2.06. The maximum atomic E-state index is 12.8. The van der Waals surface area contributed by atoms with Crippen LogP contribution in [0.4, 0.5) is 13.2 Å². The number of hydrogen-bond donors (Lipinski definition) is 0. The molecule has 0 bridgehead atoms. The number of halogens is 4. The van der Waals surface area contributed by atoms with Gasteiger partial charge >= 0.3 is 6.18 Å². The SMILES string of the molecule is COc1cnc(Cl)nc1OC(C)c1ccc(-c2nc(C(F)(F)F)cn2C)cc1. The number of ether oxygens (including phenoxy) is 2. The number of imidazole rings is 1. The second kappa shape index (κ2) is 7.67. The maximum absolute atomic E-state index is 12.8. The normalized spacial score (nSPS) is 12.7. The highest BCUT2D eigenvalue weighted by Gasteiger charge is 2.34. The van der Waals surface area contributed by atoms with Gasteiger partial charge in [0.1, 0.15) is 11.9 Å². The van der Waals surface area contributed by atoms with E-state index in [-0.39, 0.29) is 17.0 Å². The molecule has 6 nitrogen and oxygen atoms in total. The van der Waals surface area contributed by atoms with Gasteiger partial charge in [0, 0.05) is 18.8 Å². The average molecular weight is 413 g/mol. The molecule has 28 heavy (non-hydrogen) atoms. The van der Waals surface area contributed by atoms with Gasteiger partial charge in [0.15, 0.2) is 11.4 Å². The van der Waals surface area contributed by atoms with Crippen LogP contribution >= 0.6 is 11.6 Å². The fourth-order valence-electron chi connectivity index (χ4n) is 2.57. The van der Waals surface area contributed by atoms with E-state index in [2.05, 4.69) is 15.0 Å². The lowest BCUT2D eigenvalue weighted by Gasteiger charge is -2.16. The van der Waals surface area contributed by atoms with Gasteiger partial charge in [-0.25, -0.2) is 9.97 Å². The fourth-order valence-corrected chi connectivity index (χ4v) is 2.69. The van der Waals surface area contributed by atoms with E-state index in [1.54, 1.807) is 31.2 Å². The maximum Gasteiger partial charge on any atom is 0.434 e. The Hall–Kier alpha value is -2.81. The van der Waals surface area contributed by atoms with Crippen molar-refractivity contribution >= 4 is 11.6 Å². The van der Waals surface area contributed by atoms with E-state index in [1.807, 2.05) is 0 Å². The highest BCUT2D eigenvalue weighted by molar-refractivity contribution is 6.28. The second-order valence-electron chi connectivity index (χ2n) is 5.95. The minimum Gasteiger partial charge on any atom is -0.490 e. The van der Waals surface area contributed by atoms with Crippen molar-refractivity contribution in [3.05, 3.63) is 53.2 Å². The molecule has 148 valence electrons. The molecule has 0 fully saturated rings. The van der Waals surface area contributed by atoms with Crippen molar-refractivity contribution in [1.82, 2.24) is 19.5 Å². The summed E-state index contributed by atoms with van der Waals surface area (Å²) in [6.07, 6.45) is -2.54. The molecular formula is C18H16ClF3N4O2. The quantitative estimate of drug-likeness (QED) is 0.568. The first kappa shape index (κ1) is 19.9. The van der Waals surface area contributed by atoms with Crippen LogP contribution in [0.1, 0.15) is 24.3 Å². The third kappa shape index (κ3) is 4.19. The first-order valence-corrected chi connectivity index (χ1v) is 8.51. The Morgan fingerprint density at radius 2 is 1.82 bits per heavy atom. The van der Waals surface area contributed by atoms with E-state index in [0.717, 1.165) is 11.8 Å². The number of hydrogen-bond acceptors (Lipinski definition) is 5. The Morgan fingerprint density at radius 3 is 2.39 bits per heavy atom. The van der Waals surface area contributed by atoms with Crippen molar-refractivity contribution in [3.63, 3.8) is 0 Å². The molecule has 0 N–H and O–H groups in total. The van der Waals surface area contributed by atoms with E-state index in [0.29, 0.717) is 11.3 Å². The Kier molecular flexibility index (Phi) is 5.46. The number of rotatable bonds is 5. The predicted octanol–water partition coefficient (Wildman–Crippen LogP) is 4.70. The van der Waals surface area contributed by atoms with Crippen LogP contribution in [0.25, 0.3) is 11.4 Å². The number of alkyl halides is 3. The zero-order valence-electron chi connectivity index (χ0n) is 15.2. The number of aromatic nitrogens is 4. The molecule has 1 unspecified atom stereocenters. The summed E-state index contributed by atoms with van der Waals surface area (Å²) in [6.45, 7) is 1.80. The second-order valence-corrected chi connectivity index (χ2v) is 6.29. The van der Waals surface area contributed by atoms with Gasteiger partial charge in [-0.1, -0.05) is 24.3 Å². The smallest absolute Gasteiger partial charge is 0.434 e. The van der Waals surface area contributed by atoms with E-state index in [1.165, 1.54) is 24.9 Å². The van der Waals surface area contributed by atoms with Crippen molar-refractivity contribution in [2.75, 3.05) is 7.11 Å². The van der Waals surface area contributed by atoms with E-state index in [4.69, 9.17) is 21.1 Å². The van der Waals surface area contributed by atoms with Crippen LogP contribution in [0.5, 0.6) is 11.6 Å². The molecule has 0 aliphatic heterocycles. The van der Waals surface area contributed by atoms with Crippen LogP contribution in [0.2, 0.25) is 5.28 Å². The number of benzene rings is 1. The Morgan fingerprint density at radius 1 is 1.14 bits per heavy atom. The summed E-state index contributed by atoms with van der Waals surface area (Å²) in [6, 6.07) is 6.86. The predicted molar refractivity (Wildman–Crippen MR) is 96.3 cm³/mol. The molecule has 0 radical (unpaired) electrons. The number of aryl methyl sites for hydroxylation is 1. The van der Waals surface area contributed by atoms with Crippen molar-refractivity contribution in [2.24, 2.45) is 7.05 Å². The Balaban J connectivity index is 1.81. The Labute approximate surface area is 163 Å². The van der Waals surface area contributed by atoms with Crippen molar-refractivity contribution in [2.45, 2.75) is 19.2 Å². The third-order valence-electron chi connectivity index (χ3n) is 4.01. The van der Waals surface area contributed by atoms with Gasteiger partial charge in [0.05, 0.1) is 13.3 Å². The fraction of sp³-hybridized carbons (Fsp3) is 0.278. The van der Waals surface area contributed by atoms with Gasteiger partial charge < -0.3 is 14.0 Å². The highest BCUT2D eigenvalue weighted by atomic mass is 35.5. The molecule has 1 atom stereocenters. The highest BCUT2D eigenvalue weighted by Crippen LogP contribution is 2.32. The van der Waals surface area contributed by atoms with Gasteiger partial charge in [-0.05, 0) is 24.1 Å². The molecule has 0 aliphatic rings. The van der Waals surface area contributed by atoms with Crippen LogP contribution in [-0.4, -0.2) is 26.6 Å². The molecule has 3 rings (SSSR count). The van der Waals surface area contributed by atoms with Gasteiger partial charge in [0.2, 0.25) is 5.28 Å². The zero-order valence-corrected chi connectivity index (χ0v) is 15.9. The molecule has 0 amide bonds. The summed E-state index contributed by atoms with van der Waals surface area (Å²) in [7, 11) is 2.98. The Bertz CT molecular complexity index is 974. The number of nitrogens with zero attached hydrogens (tertiary/aromatic N) is 4. The molecular weight excluding hydrogens is 397 g/mol. The first-order chi connectivity index (χ1) is 13.2. The van der Waals surface area contributed by atoms with Crippen LogP contribution in [-0.2, 0) is 13.2 Å². The summed E-state index contributed by atoms with van der Waals surface area (Å²) < 4.78 is 50.8. The topological polar surface area (TPSA) is 62.1 Å². The molecule has 0 saturated carbocycles. The molecule has 1 aromatic carbocycles. The lowest BCUT2D eigenvalue weighted by molar-refractivity contribution is -0.140. The summed E-state index contributed by atoms with van der Waals surface area (Å²) in [5.41, 5.74) is 0.404.